The molecule has 1 heterocycles. The molecule has 1 N–H and O–H groups in total. The number of carbonyl (C=O) groups excluding carboxylic acids is 1. The SMILES string of the molecule is COC(=O)Cc1csc(NCCc2ccc(Cl)cc2Cl)n1. The summed E-state index contributed by atoms with van der Waals surface area (Å²) < 4.78 is 4.61. The minimum absolute atomic E-state index is 0.192. The molecule has 112 valence electrons. The van der Waals surface area contributed by atoms with Gasteiger partial charge in [0, 0.05) is 22.0 Å². The molecule has 2 rings (SSSR count). The maximum Gasteiger partial charge on any atom is 0.311 e. The second kappa shape index (κ2) is 7.64. The Morgan fingerprint density at radius 3 is 2.95 bits per heavy atom. The molecule has 0 saturated carbocycles. The molecule has 2 aromatic rings. The molecule has 0 aliphatic heterocycles. The number of thiazole rings is 1. The fourth-order valence-corrected chi connectivity index (χ4v) is 2.96. The van der Waals surface area contributed by atoms with Gasteiger partial charge in [-0.1, -0.05) is 29.3 Å². The van der Waals surface area contributed by atoms with Crippen LogP contribution in [0.5, 0.6) is 0 Å². The number of anilines is 1. The van der Waals surface area contributed by atoms with Crippen molar-refractivity contribution >= 4 is 45.6 Å². The van der Waals surface area contributed by atoms with E-state index >= 15 is 0 Å². The summed E-state index contributed by atoms with van der Waals surface area (Å²) in [4.78, 5) is 15.5. The van der Waals surface area contributed by atoms with Crippen molar-refractivity contribution in [3.8, 4) is 0 Å². The number of aromatic nitrogens is 1. The van der Waals surface area contributed by atoms with E-state index < -0.39 is 0 Å². The second-order valence-corrected chi connectivity index (χ2v) is 6.01. The van der Waals surface area contributed by atoms with Gasteiger partial charge in [-0.15, -0.1) is 11.3 Å². The van der Waals surface area contributed by atoms with Crippen molar-refractivity contribution in [3.63, 3.8) is 0 Å². The van der Waals surface area contributed by atoms with Crippen molar-refractivity contribution in [2.24, 2.45) is 0 Å². The maximum absolute atomic E-state index is 11.2. The van der Waals surface area contributed by atoms with Gasteiger partial charge in [0.15, 0.2) is 5.13 Å². The monoisotopic (exact) mass is 344 g/mol. The van der Waals surface area contributed by atoms with Crippen molar-refractivity contribution in [2.45, 2.75) is 12.8 Å². The summed E-state index contributed by atoms with van der Waals surface area (Å²) in [6, 6.07) is 5.47. The topological polar surface area (TPSA) is 51.2 Å². The average Bonchev–Trinajstić information content (AvgIpc) is 2.88. The van der Waals surface area contributed by atoms with E-state index in [0.29, 0.717) is 22.3 Å². The summed E-state index contributed by atoms with van der Waals surface area (Å²) in [6.07, 6.45) is 0.958. The lowest BCUT2D eigenvalue weighted by Crippen LogP contribution is -2.07. The van der Waals surface area contributed by atoms with Crippen molar-refractivity contribution in [1.29, 1.82) is 0 Å². The first-order valence-corrected chi connectivity index (χ1v) is 7.91. The van der Waals surface area contributed by atoms with Crippen LogP contribution in [0.2, 0.25) is 10.0 Å². The van der Waals surface area contributed by atoms with Crippen LogP contribution in [0.4, 0.5) is 5.13 Å². The van der Waals surface area contributed by atoms with Crippen LogP contribution >= 0.6 is 34.5 Å². The van der Waals surface area contributed by atoms with Gasteiger partial charge in [0.25, 0.3) is 0 Å². The van der Waals surface area contributed by atoms with E-state index in [2.05, 4.69) is 15.0 Å². The highest BCUT2D eigenvalue weighted by Gasteiger charge is 2.07. The molecule has 0 fully saturated rings. The molecule has 0 bridgehead atoms. The number of halogens is 2. The van der Waals surface area contributed by atoms with Crippen LogP contribution in [0.1, 0.15) is 11.3 Å². The molecule has 0 aliphatic rings. The fourth-order valence-electron chi connectivity index (χ4n) is 1.72. The van der Waals surface area contributed by atoms with Gasteiger partial charge in [0.2, 0.25) is 0 Å². The minimum Gasteiger partial charge on any atom is -0.469 e. The van der Waals surface area contributed by atoms with E-state index in [4.69, 9.17) is 23.2 Å². The molecule has 4 nitrogen and oxygen atoms in total. The predicted octanol–water partition coefficient (Wildman–Crippen LogP) is 3.82. The molecule has 0 unspecified atom stereocenters. The second-order valence-electron chi connectivity index (χ2n) is 4.31. The van der Waals surface area contributed by atoms with Crippen LogP contribution in [-0.2, 0) is 22.4 Å². The van der Waals surface area contributed by atoms with E-state index in [1.807, 2.05) is 17.5 Å². The number of rotatable bonds is 6. The third-order valence-electron chi connectivity index (χ3n) is 2.79. The Morgan fingerprint density at radius 2 is 2.24 bits per heavy atom. The molecule has 0 aliphatic carbocycles. The third-order valence-corrected chi connectivity index (χ3v) is 4.23. The first kappa shape index (κ1) is 16.1. The van der Waals surface area contributed by atoms with Gasteiger partial charge in [-0.05, 0) is 24.1 Å². The van der Waals surface area contributed by atoms with Crippen molar-refractivity contribution in [1.82, 2.24) is 4.98 Å². The number of esters is 1. The Labute approximate surface area is 137 Å². The Hall–Kier alpha value is -1.30. The molecule has 1 aromatic heterocycles. The molecule has 0 spiro atoms. The number of hydrogen-bond donors (Lipinski definition) is 1. The zero-order chi connectivity index (χ0) is 15.2. The first-order valence-electron chi connectivity index (χ1n) is 6.27. The average molecular weight is 345 g/mol. The number of hydrogen-bond acceptors (Lipinski definition) is 5. The van der Waals surface area contributed by atoms with E-state index in [1.165, 1.54) is 18.4 Å². The normalized spacial score (nSPS) is 10.4. The fraction of sp³-hybridized carbons (Fsp3) is 0.286. The summed E-state index contributed by atoms with van der Waals surface area (Å²) in [7, 11) is 1.36. The van der Waals surface area contributed by atoms with Crippen LogP contribution < -0.4 is 5.32 Å². The van der Waals surface area contributed by atoms with Gasteiger partial charge >= 0.3 is 5.97 Å². The van der Waals surface area contributed by atoms with Gasteiger partial charge < -0.3 is 10.1 Å². The highest BCUT2D eigenvalue weighted by atomic mass is 35.5. The van der Waals surface area contributed by atoms with Crippen LogP contribution in [0, 0.1) is 0 Å². The van der Waals surface area contributed by atoms with Crippen LogP contribution in [-0.4, -0.2) is 24.6 Å². The summed E-state index contributed by atoms with van der Waals surface area (Å²) >= 11 is 13.4. The van der Waals surface area contributed by atoms with Crippen LogP contribution in [0.25, 0.3) is 0 Å². The van der Waals surface area contributed by atoms with Crippen molar-refractivity contribution < 1.29 is 9.53 Å². The van der Waals surface area contributed by atoms with E-state index in [9.17, 15) is 4.79 Å². The maximum atomic E-state index is 11.2. The van der Waals surface area contributed by atoms with Gasteiger partial charge in [-0.25, -0.2) is 4.98 Å². The standard InChI is InChI=1S/C14H14Cl2N2O2S/c1-20-13(19)7-11-8-21-14(18-11)17-5-4-9-2-3-10(15)6-12(9)16/h2-3,6,8H,4-5,7H2,1H3,(H,17,18). The lowest BCUT2D eigenvalue weighted by molar-refractivity contribution is -0.139. The van der Waals surface area contributed by atoms with Gasteiger partial charge in [-0.3, -0.25) is 4.79 Å². The molecular weight excluding hydrogens is 331 g/mol. The lowest BCUT2D eigenvalue weighted by atomic mass is 10.1. The highest BCUT2D eigenvalue weighted by molar-refractivity contribution is 7.13. The summed E-state index contributed by atoms with van der Waals surface area (Å²) in [6.45, 7) is 0.701. The zero-order valence-corrected chi connectivity index (χ0v) is 13.7. The smallest absolute Gasteiger partial charge is 0.311 e. The molecule has 0 radical (unpaired) electrons. The lowest BCUT2D eigenvalue weighted by Gasteiger charge is -2.05. The molecule has 21 heavy (non-hydrogen) atoms. The Morgan fingerprint density at radius 1 is 1.43 bits per heavy atom. The first-order chi connectivity index (χ1) is 10.1. The zero-order valence-electron chi connectivity index (χ0n) is 11.4. The number of carbonyl (C=O) groups is 1. The number of nitrogens with zero attached hydrogens (tertiary/aromatic N) is 1. The number of ether oxygens (including phenoxy) is 1. The molecule has 0 atom stereocenters. The van der Waals surface area contributed by atoms with Crippen molar-refractivity contribution in [3.05, 3.63) is 44.9 Å². The minimum atomic E-state index is -0.292. The Bertz CT molecular complexity index is 631. The number of benzene rings is 1. The Balaban J connectivity index is 1.84. The van der Waals surface area contributed by atoms with Gasteiger partial charge in [0.05, 0.1) is 19.2 Å². The molecule has 1 aromatic carbocycles. The van der Waals surface area contributed by atoms with Crippen LogP contribution in [0.15, 0.2) is 23.6 Å². The summed E-state index contributed by atoms with van der Waals surface area (Å²) in [5, 5.41) is 7.12. The summed E-state index contributed by atoms with van der Waals surface area (Å²) in [5.74, 6) is -0.292. The van der Waals surface area contributed by atoms with Gasteiger partial charge in [-0.2, -0.15) is 0 Å². The summed E-state index contributed by atoms with van der Waals surface area (Å²) in [5.41, 5.74) is 1.73. The molecular formula is C14H14Cl2N2O2S. The number of nitrogens with one attached hydrogen (secondary N) is 1. The highest BCUT2D eigenvalue weighted by Crippen LogP contribution is 2.22. The predicted molar refractivity (Wildman–Crippen MR) is 86.5 cm³/mol. The molecule has 7 heteroatoms. The quantitative estimate of drug-likeness (QED) is 0.809. The molecule has 0 saturated heterocycles. The Kier molecular flexibility index (Phi) is 5.85. The number of methoxy groups -OCH3 is 1. The van der Waals surface area contributed by atoms with Crippen molar-refractivity contribution in [2.75, 3.05) is 19.0 Å². The van der Waals surface area contributed by atoms with Crippen LogP contribution in [0.3, 0.4) is 0 Å². The third kappa shape index (κ3) is 4.88. The van der Waals surface area contributed by atoms with E-state index in [0.717, 1.165) is 17.1 Å². The largest absolute Gasteiger partial charge is 0.469 e. The van der Waals surface area contributed by atoms with E-state index in [-0.39, 0.29) is 12.4 Å². The van der Waals surface area contributed by atoms with Gasteiger partial charge in [0.1, 0.15) is 0 Å². The van der Waals surface area contributed by atoms with E-state index in [1.54, 1.807) is 6.07 Å². The molecule has 0 amide bonds.